The number of hydrogen-bond acceptors (Lipinski definition) is 3. The van der Waals surface area contributed by atoms with Gasteiger partial charge in [0.2, 0.25) is 0 Å². The first-order valence-electron chi connectivity index (χ1n) is 3.91. The van der Waals surface area contributed by atoms with Crippen LogP contribution in [0.5, 0.6) is 0 Å². The van der Waals surface area contributed by atoms with Crippen LogP contribution in [0, 0.1) is 0 Å². The zero-order valence-corrected chi connectivity index (χ0v) is 7.41. The van der Waals surface area contributed by atoms with E-state index in [4.69, 9.17) is 0 Å². The molecule has 1 aliphatic heterocycles. The minimum Gasteiger partial charge on any atom is -0.302 e. The van der Waals surface area contributed by atoms with Gasteiger partial charge in [0.25, 0.3) is 0 Å². The second kappa shape index (κ2) is 4.99. The van der Waals surface area contributed by atoms with E-state index in [2.05, 4.69) is 15.9 Å². The van der Waals surface area contributed by atoms with Gasteiger partial charge in [-0.2, -0.15) is 0 Å². The Kier molecular flexibility index (Phi) is 4.18. The lowest BCUT2D eigenvalue weighted by molar-refractivity contribution is 0.345. The van der Waals surface area contributed by atoms with Gasteiger partial charge >= 0.3 is 0 Å². The molecular formula is C7H16N2S. The summed E-state index contributed by atoms with van der Waals surface area (Å²) in [4.78, 5) is 2.52. The molecule has 1 N–H and O–H groups in total. The van der Waals surface area contributed by atoms with Crippen LogP contribution in [0.15, 0.2) is 0 Å². The Morgan fingerprint density at radius 2 is 2.10 bits per heavy atom. The van der Waals surface area contributed by atoms with Gasteiger partial charge in [-0.3, -0.25) is 4.72 Å². The van der Waals surface area contributed by atoms with Crippen LogP contribution in [0.2, 0.25) is 0 Å². The number of hydrogen-bond donors (Lipinski definition) is 1. The summed E-state index contributed by atoms with van der Waals surface area (Å²) in [6.45, 7) is 4.98. The molecule has 60 valence electrons. The summed E-state index contributed by atoms with van der Waals surface area (Å²) in [7, 11) is 0. The van der Waals surface area contributed by atoms with Crippen molar-refractivity contribution in [3.05, 3.63) is 0 Å². The molecule has 0 aliphatic carbocycles. The molecule has 3 heteroatoms. The summed E-state index contributed by atoms with van der Waals surface area (Å²) in [5.74, 6) is 0. The van der Waals surface area contributed by atoms with Crippen LogP contribution < -0.4 is 4.72 Å². The molecule has 0 radical (unpaired) electrons. The summed E-state index contributed by atoms with van der Waals surface area (Å²) in [5.41, 5.74) is 0. The molecule has 1 rings (SSSR count). The van der Waals surface area contributed by atoms with Gasteiger partial charge in [0.05, 0.1) is 0 Å². The van der Waals surface area contributed by atoms with Crippen molar-refractivity contribution in [3.63, 3.8) is 0 Å². The van der Waals surface area contributed by atoms with E-state index in [-0.39, 0.29) is 0 Å². The molecule has 0 unspecified atom stereocenters. The molecule has 0 saturated carbocycles. The molecule has 2 nitrogen and oxygen atoms in total. The fraction of sp³-hybridized carbons (Fsp3) is 1.00. The highest BCUT2D eigenvalue weighted by Gasteiger charge is 2.09. The Balaban J connectivity index is 1.91. The average molecular weight is 160 g/mol. The Hall–Kier alpha value is 0.270. The topological polar surface area (TPSA) is 15.3 Å². The quantitative estimate of drug-likeness (QED) is 0.487. The third-order valence-electron chi connectivity index (χ3n) is 1.87. The molecule has 10 heavy (non-hydrogen) atoms. The van der Waals surface area contributed by atoms with Crippen LogP contribution in [0.4, 0.5) is 0 Å². The number of nitrogens with zero attached hydrogens (tertiary/aromatic N) is 1. The molecule has 0 aromatic heterocycles. The maximum Gasteiger partial charge on any atom is 0.0186 e. The molecule has 0 bridgehead atoms. The normalized spacial score (nSPS) is 20.1. The van der Waals surface area contributed by atoms with E-state index >= 15 is 0 Å². The van der Waals surface area contributed by atoms with Crippen LogP contribution in [0.1, 0.15) is 12.8 Å². The van der Waals surface area contributed by atoms with Crippen molar-refractivity contribution in [1.29, 1.82) is 0 Å². The monoisotopic (exact) mass is 160 g/mol. The molecule has 0 spiro atoms. The van der Waals surface area contributed by atoms with Crippen LogP contribution in [0.25, 0.3) is 0 Å². The Morgan fingerprint density at radius 3 is 2.70 bits per heavy atom. The molecule has 0 atom stereocenters. The lowest BCUT2D eigenvalue weighted by Crippen LogP contribution is -2.27. The first-order valence-corrected chi connectivity index (χ1v) is 5.14. The highest BCUT2D eigenvalue weighted by Crippen LogP contribution is 2.05. The molecule has 1 fully saturated rings. The number of rotatable bonds is 4. The molecule has 0 amide bonds. The smallest absolute Gasteiger partial charge is 0.0186 e. The molecule has 1 saturated heterocycles. The third-order valence-corrected chi connectivity index (χ3v) is 2.37. The largest absolute Gasteiger partial charge is 0.302 e. The average Bonchev–Trinajstić information content (AvgIpc) is 2.41. The first-order chi connectivity index (χ1) is 4.93. The zero-order valence-electron chi connectivity index (χ0n) is 6.60. The van der Waals surface area contributed by atoms with Gasteiger partial charge in [0, 0.05) is 13.1 Å². The predicted molar refractivity (Wildman–Crippen MR) is 47.2 cm³/mol. The summed E-state index contributed by atoms with van der Waals surface area (Å²) < 4.78 is 3.25. The van der Waals surface area contributed by atoms with Crippen molar-refractivity contribution in [3.8, 4) is 0 Å². The standard InChI is InChI=1S/C7H16N2S/c1-10-8-4-7-9-5-2-3-6-9/h8H,2-7H2,1H3. The Bertz CT molecular complexity index is 81.7. The zero-order chi connectivity index (χ0) is 7.23. The van der Waals surface area contributed by atoms with Crippen LogP contribution in [-0.2, 0) is 0 Å². The van der Waals surface area contributed by atoms with Crippen molar-refractivity contribution < 1.29 is 0 Å². The molecular weight excluding hydrogens is 144 g/mol. The maximum atomic E-state index is 3.25. The van der Waals surface area contributed by atoms with Crippen molar-refractivity contribution in [2.45, 2.75) is 12.8 Å². The summed E-state index contributed by atoms with van der Waals surface area (Å²) in [6.07, 6.45) is 4.88. The van der Waals surface area contributed by atoms with Crippen LogP contribution in [0.3, 0.4) is 0 Å². The minimum atomic E-state index is 1.13. The summed E-state index contributed by atoms with van der Waals surface area (Å²) >= 11 is 1.71. The third kappa shape index (κ3) is 2.90. The van der Waals surface area contributed by atoms with Gasteiger partial charge in [0.15, 0.2) is 0 Å². The minimum absolute atomic E-state index is 1.13. The van der Waals surface area contributed by atoms with Gasteiger partial charge in [-0.1, -0.05) is 11.9 Å². The highest BCUT2D eigenvalue weighted by molar-refractivity contribution is 7.96. The molecule has 0 aromatic rings. The SMILES string of the molecule is CSNCCN1CCCC1. The van der Waals surface area contributed by atoms with E-state index in [9.17, 15) is 0 Å². The lowest BCUT2D eigenvalue weighted by atomic mass is 10.4. The summed E-state index contributed by atoms with van der Waals surface area (Å²) in [5, 5.41) is 0. The van der Waals surface area contributed by atoms with Gasteiger partial charge in [-0.15, -0.1) is 0 Å². The van der Waals surface area contributed by atoms with Gasteiger partial charge < -0.3 is 4.90 Å². The highest BCUT2D eigenvalue weighted by atomic mass is 32.2. The summed E-state index contributed by atoms with van der Waals surface area (Å²) in [6, 6.07) is 0. The van der Waals surface area contributed by atoms with E-state index in [0.29, 0.717) is 0 Å². The predicted octanol–water partition coefficient (Wildman–Crippen LogP) is 0.950. The molecule has 1 heterocycles. The number of nitrogens with one attached hydrogen (secondary N) is 1. The molecule has 1 aliphatic rings. The van der Waals surface area contributed by atoms with Gasteiger partial charge in [-0.25, -0.2) is 0 Å². The Morgan fingerprint density at radius 1 is 1.40 bits per heavy atom. The van der Waals surface area contributed by atoms with Crippen molar-refractivity contribution in [2.24, 2.45) is 0 Å². The fourth-order valence-electron chi connectivity index (χ4n) is 1.31. The van der Waals surface area contributed by atoms with E-state index in [1.165, 1.54) is 32.5 Å². The van der Waals surface area contributed by atoms with Crippen LogP contribution >= 0.6 is 11.9 Å². The molecule has 0 aromatic carbocycles. The van der Waals surface area contributed by atoms with Crippen LogP contribution in [-0.4, -0.2) is 37.3 Å². The second-order valence-corrected chi connectivity index (χ2v) is 3.34. The van der Waals surface area contributed by atoms with Crippen molar-refractivity contribution >= 4 is 11.9 Å². The van der Waals surface area contributed by atoms with Gasteiger partial charge in [-0.05, 0) is 32.2 Å². The second-order valence-electron chi connectivity index (χ2n) is 2.65. The van der Waals surface area contributed by atoms with Crippen molar-refractivity contribution in [1.82, 2.24) is 9.62 Å². The van der Waals surface area contributed by atoms with Crippen molar-refractivity contribution in [2.75, 3.05) is 32.4 Å². The van der Waals surface area contributed by atoms with E-state index < -0.39 is 0 Å². The van der Waals surface area contributed by atoms with E-state index in [0.717, 1.165) is 6.54 Å². The fourth-order valence-corrected chi connectivity index (χ4v) is 1.61. The Labute approximate surface area is 67.5 Å². The maximum absolute atomic E-state index is 3.25. The van der Waals surface area contributed by atoms with E-state index in [1.807, 2.05) is 0 Å². The van der Waals surface area contributed by atoms with Gasteiger partial charge in [0.1, 0.15) is 0 Å². The van der Waals surface area contributed by atoms with E-state index in [1.54, 1.807) is 11.9 Å². The lowest BCUT2D eigenvalue weighted by Gasteiger charge is -2.13. The number of likely N-dealkylation sites (tertiary alicyclic amines) is 1. The first kappa shape index (κ1) is 8.37.